The number of pyridine rings is 1. The molecule has 0 saturated heterocycles. The van der Waals surface area contributed by atoms with Crippen LogP contribution in [0, 0.1) is 5.13 Å². The molecule has 2 aromatic rings. The van der Waals surface area contributed by atoms with Crippen LogP contribution in [0.4, 0.5) is 4.39 Å². The summed E-state index contributed by atoms with van der Waals surface area (Å²) >= 11 is 1.10. The lowest BCUT2D eigenvalue weighted by Crippen LogP contribution is -1.87. The minimum atomic E-state index is -0.252. The van der Waals surface area contributed by atoms with E-state index in [4.69, 9.17) is 0 Å². The summed E-state index contributed by atoms with van der Waals surface area (Å²) in [6.07, 6.45) is 1.64. The zero-order valence-electron chi connectivity index (χ0n) is 8.57. The monoisotopic (exact) mass is 222 g/mol. The Kier molecular flexibility index (Phi) is 2.77. The van der Waals surface area contributed by atoms with Gasteiger partial charge in [0, 0.05) is 12.1 Å². The maximum Gasteiger partial charge on any atom is 0.206 e. The van der Waals surface area contributed by atoms with E-state index in [-0.39, 0.29) is 11.0 Å². The highest BCUT2D eigenvalue weighted by Gasteiger charge is 2.15. The van der Waals surface area contributed by atoms with Crippen molar-refractivity contribution in [2.24, 2.45) is 0 Å². The lowest BCUT2D eigenvalue weighted by molar-refractivity contribution is 0.656. The van der Waals surface area contributed by atoms with Gasteiger partial charge >= 0.3 is 0 Å². The lowest BCUT2D eigenvalue weighted by Gasteiger charge is -1.96. The van der Waals surface area contributed by atoms with E-state index in [2.05, 4.69) is 9.97 Å². The fourth-order valence-electron chi connectivity index (χ4n) is 1.22. The molecule has 0 aliphatic heterocycles. The first-order valence-electron chi connectivity index (χ1n) is 4.76. The molecule has 0 radical (unpaired) electrons. The molecule has 0 aromatic carbocycles. The summed E-state index contributed by atoms with van der Waals surface area (Å²) in [5, 5.41) is 0.561. The van der Waals surface area contributed by atoms with Gasteiger partial charge in [-0.2, -0.15) is 4.39 Å². The van der Waals surface area contributed by atoms with Gasteiger partial charge in [0.2, 0.25) is 5.13 Å². The first-order chi connectivity index (χ1) is 7.18. The highest BCUT2D eigenvalue weighted by atomic mass is 32.1. The van der Waals surface area contributed by atoms with Gasteiger partial charge in [0.05, 0.1) is 10.7 Å². The van der Waals surface area contributed by atoms with E-state index in [0.717, 1.165) is 16.3 Å². The van der Waals surface area contributed by atoms with Crippen LogP contribution in [0.2, 0.25) is 0 Å². The molecule has 0 spiro atoms. The Bertz CT molecular complexity index is 451. The van der Waals surface area contributed by atoms with Crippen molar-refractivity contribution in [3.8, 4) is 11.4 Å². The summed E-state index contributed by atoms with van der Waals surface area (Å²) < 4.78 is 13.6. The first-order valence-corrected chi connectivity index (χ1v) is 5.57. The molecule has 2 rings (SSSR count). The zero-order chi connectivity index (χ0) is 10.8. The van der Waals surface area contributed by atoms with Crippen molar-refractivity contribution in [2.45, 2.75) is 19.8 Å². The fourth-order valence-corrected chi connectivity index (χ4v) is 2.03. The predicted octanol–water partition coefficient (Wildman–Crippen LogP) is 3.47. The van der Waals surface area contributed by atoms with Crippen molar-refractivity contribution < 1.29 is 4.39 Å². The molecule has 78 valence electrons. The second-order valence-corrected chi connectivity index (χ2v) is 4.52. The Labute approximate surface area is 91.8 Å². The number of rotatable bonds is 2. The van der Waals surface area contributed by atoms with Gasteiger partial charge in [-0.25, -0.2) is 4.98 Å². The number of halogens is 1. The minimum Gasteiger partial charge on any atom is -0.254 e. The summed E-state index contributed by atoms with van der Waals surface area (Å²) in [5.74, 6) is 0.252. The Balaban J connectivity index is 2.45. The summed E-state index contributed by atoms with van der Waals surface area (Å²) in [4.78, 5) is 8.35. The van der Waals surface area contributed by atoms with E-state index in [1.54, 1.807) is 18.3 Å². The van der Waals surface area contributed by atoms with Crippen molar-refractivity contribution in [1.29, 1.82) is 0 Å². The molecular formula is C11H11FN2S. The quantitative estimate of drug-likeness (QED) is 0.777. The normalized spacial score (nSPS) is 10.9. The van der Waals surface area contributed by atoms with E-state index in [1.165, 1.54) is 0 Å². The smallest absolute Gasteiger partial charge is 0.206 e. The maximum atomic E-state index is 13.6. The summed E-state index contributed by atoms with van der Waals surface area (Å²) in [6, 6.07) is 5.40. The van der Waals surface area contributed by atoms with Crippen LogP contribution in [0.3, 0.4) is 0 Å². The van der Waals surface area contributed by atoms with Crippen LogP contribution >= 0.6 is 11.3 Å². The topological polar surface area (TPSA) is 25.8 Å². The second-order valence-electron chi connectivity index (χ2n) is 3.54. The summed E-state index contributed by atoms with van der Waals surface area (Å²) in [6.45, 7) is 4.00. The lowest BCUT2D eigenvalue weighted by atomic mass is 10.2. The second kappa shape index (κ2) is 4.06. The average molecular weight is 222 g/mol. The van der Waals surface area contributed by atoms with Crippen molar-refractivity contribution >= 4 is 11.3 Å². The van der Waals surface area contributed by atoms with E-state index < -0.39 is 0 Å². The van der Waals surface area contributed by atoms with Gasteiger partial charge in [0.1, 0.15) is 5.69 Å². The van der Waals surface area contributed by atoms with Crippen molar-refractivity contribution in [3.05, 3.63) is 34.5 Å². The molecule has 2 heterocycles. The van der Waals surface area contributed by atoms with Crippen molar-refractivity contribution in [1.82, 2.24) is 9.97 Å². The molecule has 0 aliphatic carbocycles. The Hall–Kier alpha value is -1.29. The van der Waals surface area contributed by atoms with Gasteiger partial charge in [0.25, 0.3) is 0 Å². The molecule has 0 aliphatic rings. The molecule has 0 saturated carbocycles. The van der Waals surface area contributed by atoms with E-state index in [0.29, 0.717) is 11.4 Å². The molecule has 2 nitrogen and oxygen atoms in total. The van der Waals surface area contributed by atoms with Crippen LogP contribution in [0.25, 0.3) is 11.4 Å². The highest BCUT2D eigenvalue weighted by molar-refractivity contribution is 7.10. The number of nitrogens with zero attached hydrogens (tertiary/aromatic N) is 2. The SMILES string of the molecule is CC(C)c1nc(-c2ccccn2)c(F)s1. The minimum absolute atomic E-state index is 0.252. The van der Waals surface area contributed by atoms with Gasteiger partial charge in [-0.05, 0) is 12.1 Å². The Morgan fingerprint density at radius 3 is 2.67 bits per heavy atom. The molecule has 0 atom stereocenters. The van der Waals surface area contributed by atoms with Crippen molar-refractivity contribution in [3.63, 3.8) is 0 Å². The zero-order valence-corrected chi connectivity index (χ0v) is 9.38. The van der Waals surface area contributed by atoms with E-state index in [9.17, 15) is 4.39 Å². The molecule has 15 heavy (non-hydrogen) atoms. The molecule has 0 unspecified atom stereocenters. The average Bonchev–Trinajstić information content (AvgIpc) is 2.62. The largest absolute Gasteiger partial charge is 0.254 e. The maximum absolute atomic E-state index is 13.6. The molecular weight excluding hydrogens is 211 g/mol. The van der Waals surface area contributed by atoms with Gasteiger partial charge < -0.3 is 0 Å². The van der Waals surface area contributed by atoms with Gasteiger partial charge in [-0.1, -0.05) is 31.3 Å². The molecule has 0 N–H and O–H groups in total. The number of hydrogen-bond donors (Lipinski definition) is 0. The number of hydrogen-bond acceptors (Lipinski definition) is 3. The first kappa shape index (κ1) is 10.2. The standard InChI is InChI=1S/C11H11FN2S/c1-7(2)11-14-9(10(12)15-11)8-5-3-4-6-13-8/h3-7H,1-2H3. The Morgan fingerprint density at radius 2 is 2.13 bits per heavy atom. The predicted molar refractivity (Wildman–Crippen MR) is 59.4 cm³/mol. The third-order valence-corrected chi connectivity index (χ3v) is 3.15. The van der Waals surface area contributed by atoms with Crippen LogP contribution in [-0.2, 0) is 0 Å². The van der Waals surface area contributed by atoms with Crippen LogP contribution in [0.15, 0.2) is 24.4 Å². The molecule has 0 fully saturated rings. The molecule has 0 bridgehead atoms. The van der Waals surface area contributed by atoms with Gasteiger partial charge in [0.15, 0.2) is 0 Å². The van der Waals surface area contributed by atoms with E-state index in [1.807, 2.05) is 19.9 Å². The Morgan fingerprint density at radius 1 is 1.33 bits per heavy atom. The highest BCUT2D eigenvalue weighted by Crippen LogP contribution is 2.28. The fraction of sp³-hybridized carbons (Fsp3) is 0.273. The summed E-state index contributed by atoms with van der Waals surface area (Å²) in [5.41, 5.74) is 0.961. The third kappa shape index (κ3) is 2.04. The van der Waals surface area contributed by atoms with E-state index >= 15 is 0 Å². The van der Waals surface area contributed by atoms with Crippen LogP contribution < -0.4 is 0 Å². The summed E-state index contributed by atoms with van der Waals surface area (Å²) in [7, 11) is 0. The van der Waals surface area contributed by atoms with Gasteiger partial charge in [-0.3, -0.25) is 4.98 Å². The number of thiazole rings is 1. The van der Waals surface area contributed by atoms with Crippen LogP contribution in [0.5, 0.6) is 0 Å². The number of aromatic nitrogens is 2. The van der Waals surface area contributed by atoms with Crippen LogP contribution in [-0.4, -0.2) is 9.97 Å². The molecule has 2 aromatic heterocycles. The third-order valence-electron chi connectivity index (χ3n) is 2.00. The van der Waals surface area contributed by atoms with Gasteiger partial charge in [-0.15, -0.1) is 0 Å². The molecule has 0 amide bonds. The van der Waals surface area contributed by atoms with Crippen molar-refractivity contribution in [2.75, 3.05) is 0 Å². The van der Waals surface area contributed by atoms with Crippen LogP contribution in [0.1, 0.15) is 24.8 Å². The molecule has 4 heteroatoms.